The summed E-state index contributed by atoms with van der Waals surface area (Å²) >= 11 is 10.6. The van der Waals surface area contributed by atoms with Gasteiger partial charge in [-0.1, -0.05) is 11.6 Å². The smallest absolute Gasteiger partial charge is 0.266 e. The summed E-state index contributed by atoms with van der Waals surface area (Å²) in [5.41, 5.74) is -0.299. The van der Waals surface area contributed by atoms with Crippen molar-refractivity contribution < 1.29 is 13.6 Å². The zero-order valence-electron chi connectivity index (χ0n) is 7.02. The average Bonchev–Trinajstić information content (AvgIpc) is 2.02. The molecule has 1 aromatic heterocycles. The molecule has 1 rings (SSSR count). The van der Waals surface area contributed by atoms with E-state index in [9.17, 15) is 13.6 Å². The van der Waals surface area contributed by atoms with E-state index in [0.717, 1.165) is 6.07 Å². The Bertz CT molecular complexity index is 382. The number of carbonyl (C=O) groups excluding carboxylic acids is 1. The summed E-state index contributed by atoms with van der Waals surface area (Å²) in [6.45, 7) is 1.47. The van der Waals surface area contributed by atoms with E-state index in [2.05, 4.69) is 4.98 Å². The Morgan fingerprint density at radius 1 is 1.57 bits per heavy atom. The van der Waals surface area contributed by atoms with Crippen molar-refractivity contribution in [1.82, 2.24) is 4.98 Å². The molecule has 0 N–H and O–H groups in total. The molecule has 0 aromatic carbocycles. The van der Waals surface area contributed by atoms with Gasteiger partial charge < -0.3 is 0 Å². The summed E-state index contributed by atoms with van der Waals surface area (Å²) in [6, 6.07) is 0.963. The van der Waals surface area contributed by atoms with Gasteiger partial charge in [0.2, 0.25) is 0 Å². The molecule has 0 unspecified atom stereocenters. The first kappa shape index (κ1) is 11.3. The summed E-state index contributed by atoms with van der Waals surface area (Å²) < 4.78 is 24.6. The number of aryl methyl sites for hydroxylation is 1. The number of rotatable bonds is 2. The number of carbonyl (C=O) groups is 1. The van der Waals surface area contributed by atoms with Gasteiger partial charge in [-0.2, -0.15) is 0 Å². The van der Waals surface area contributed by atoms with Crippen LogP contribution in [0.15, 0.2) is 6.07 Å². The maximum absolute atomic E-state index is 12.3. The van der Waals surface area contributed by atoms with Crippen LogP contribution in [0.1, 0.15) is 28.0 Å². The molecular formula is C8H5Cl2F2NO. The van der Waals surface area contributed by atoms with Crippen molar-refractivity contribution in [2.24, 2.45) is 0 Å². The molecule has 0 aliphatic carbocycles. The minimum atomic E-state index is -2.77. The van der Waals surface area contributed by atoms with Crippen molar-refractivity contribution in [3.63, 3.8) is 0 Å². The predicted molar refractivity (Wildman–Crippen MR) is 49.1 cm³/mol. The molecule has 2 nitrogen and oxygen atoms in total. The molecule has 6 heteroatoms. The van der Waals surface area contributed by atoms with Crippen LogP contribution in [0.5, 0.6) is 0 Å². The average molecular weight is 240 g/mol. The largest absolute Gasteiger partial charge is 0.276 e. The van der Waals surface area contributed by atoms with Gasteiger partial charge in [-0.25, -0.2) is 13.8 Å². The Balaban J connectivity index is 3.34. The Kier molecular flexibility index (Phi) is 3.39. The predicted octanol–water partition coefficient (Wildman–Crippen LogP) is 3.36. The first-order valence-corrected chi connectivity index (χ1v) is 4.34. The van der Waals surface area contributed by atoms with Crippen LogP contribution in [0.3, 0.4) is 0 Å². The minimum Gasteiger partial charge on any atom is -0.276 e. The zero-order chi connectivity index (χ0) is 10.9. The van der Waals surface area contributed by atoms with E-state index in [1.165, 1.54) is 6.92 Å². The highest BCUT2D eigenvalue weighted by Gasteiger charge is 2.18. The lowest BCUT2D eigenvalue weighted by Crippen LogP contribution is -2.01. The molecule has 0 aliphatic heterocycles. The maximum Gasteiger partial charge on any atom is 0.266 e. The van der Waals surface area contributed by atoms with Gasteiger partial charge in [0, 0.05) is 0 Å². The number of pyridine rings is 1. The fourth-order valence-electron chi connectivity index (χ4n) is 0.944. The molecule has 14 heavy (non-hydrogen) atoms. The van der Waals surface area contributed by atoms with Gasteiger partial charge in [0.15, 0.2) is 0 Å². The third-order valence-electron chi connectivity index (χ3n) is 1.64. The number of aromatic nitrogens is 1. The Labute approximate surface area is 88.8 Å². The first-order chi connectivity index (χ1) is 6.43. The van der Waals surface area contributed by atoms with Gasteiger partial charge in [-0.15, -0.1) is 0 Å². The molecule has 1 aromatic rings. The number of nitrogens with zero attached hydrogens (tertiary/aromatic N) is 1. The van der Waals surface area contributed by atoms with E-state index in [4.69, 9.17) is 23.2 Å². The third-order valence-corrected chi connectivity index (χ3v) is 2.15. The van der Waals surface area contributed by atoms with Crippen LogP contribution in [-0.2, 0) is 0 Å². The number of hydrogen-bond donors (Lipinski definition) is 0. The molecule has 0 saturated carbocycles. The van der Waals surface area contributed by atoms with E-state index in [-0.39, 0.29) is 16.4 Å². The van der Waals surface area contributed by atoms with Crippen LogP contribution in [0.2, 0.25) is 5.15 Å². The lowest BCUT2D eigenvalue weighted by Gasteiger charge is -2.06. The fraction of sp³-hybridized carbons (Fsp3) is 0.250. The summed E-state index contributed by atoms with van der Waals surface area (Å²) in [5, 5.41) is -1.13. The van der Waals surface area contributed by atoms with Gasteiger partial charge >= 0.3 is 0 Å². The van der Waals surface area contributed by atoms with E-state index in [0.29, 0.717) is 0 Å². The molecule has 0 spiro atoms. The molecule has 0 fully saturated rings. The highest BCUT2D eigenvalue weighted by atomic mass is 35.5. The highest BCUT2D eigenvalue weighted by molar-refractivity contribution is 6.67. The van der Waals surface area contributed by atoms with E-state index in [1.807, 2.05) is 0 Å². The van der Waals surface area contributed by atoms with Gasteiger partial charge in [-0.3, -0.25) is 4.79 Å². The van der Waals surface area contributed by atoms with Crippen molar-refractivity contribution >= 4 is 28.4 Å². The van der Waals surface area contributed by atoms with Crippen molar-refractivity contribution in [3.05, 3.63) is 28.0 Å². The van der Waals surface area contributed by atoms with Crippen molar-refractivity contribution in [3.8, 4) is 0 Å². The lowest BCUT2D eigenvalue weighted by molar-refractivity contribution is 0.108. The first-order valence-electron chi connectivity index (χ1n) is 3.58. The number of hydrogen-bond acceptors (Lipinski definition) is 2. The van der Waals surface area contributed by atoms with E-state index in [1.54, 1.807) is 0 Å². The zero-order valence-corrected chi connectivity index (χ0v) is 8.53. The van der Waals surface area contributed by atoms with Crippen LogP contribution in [0, 0.1) is 6.92 Å². The standard InChI is InChI=1S/C8H5Cl2F2NO/c1-3-4(7(10)14)2-5(8(11)12)6(9)13-3/h2,8H,1H3. The van der Waals surface area contributed by atoms with Gasteiger partial charge in [-0.05, 0) is 24.6 Å². The van der Waals surface area contributed by atoms with Gasteiger partial charge in [0.1, 0.15) is 5.15 Å². The number of halogens is 4. The van der Waals surface area contributed by atoms with Crippen molar-refractivity contribution in [2.45, 2.75) is 13.3 Å². The SMILES string of the molecule is Cc1nc(Cl)c(C(F)F)cc1C(=O)Cl. The molecule has 0 bridgehead atoms. The summed E-state index contributed by atoms with van der Waals surface area (Å²) in [7, 11) is 0. The van der Waals surface area contributed by atoms with E-state index < -0.39 is 17.2 Å². The topological polar surface area (TPSA) is 30.0 Å². The highest BCUT2D eigenvalue weighted by Crippen LogP contribution is 2.27. The Morgan fingerprint density at radius 3 is 2.57 bits per heavy atom. The van der Waals surface area contributed by atoms with Crippen LogP contribution < -0.4 is 0 Å². The monoisotopic (exact) mass is 239 g/mol. The van der Waals surface area contributed by atoms with Gasteiger partial charge in [0.25, 0.3) is 11.7 Å². The van der Waals surface area contributed by atoms with Crippen molar-refractivity contribution in [2.75, 3.05) is 0 Å². The summed E-state index contributed by atoms with van der Waals surface area (Å²) in [5.74, 6) is 0. The molecule has 0 radical (unpaired) electrons. The van der Waals surface area contributed by atoms with Gasteiger partial charge in [0.05, 0.1) is 16.8 Å². The Hall–Kier alpha value is -0.740. The second kappa shape index (κ2) is 4.19. The van der Waals surface area contributed by atoms with Crippen LogP contribution >= 0.6 is 23.2 Å². The van der Waals surface area contributed by atoms with E-state index >= 15 is 0 Å². The summed E-state index contributed by atoms with van der Waals surface area (Å²) in [4.78, 5) is 14.4. The lowest BCUT2D eigenvalue weighted by atomic mass is 10.1. The molecule has 0 atom stereocenters. The number of alkyl halides is 2. The fourth-order valence-corrected chi connectivity index (χ4v) is 1.40. The third kappa shape index (κ3) is 2.19. The summed E-state index contributed by atoms with van der Waals surface area (Å²) in [6.07, 6.45) is -2.77. The Morgan fingerprint density at radius 2 is 2.14 bits per heavy atom. The normalized spacial score (nSPS) is 10.7. The second-order valence-corrected chi connectivity index (χ2v) is 3.28. The minimum absolute atomic E-state index is 0.0497. The van der Waals surface area contributed by atoms with Crippen LogP contribution in [0.4, 0.5) is 8.78 Å². The van der Waals surface area contributed by atoms with Crippen molar-refractivity contribution in [1.29, 1.82) is 0 Å². The molecular weight excluding hydrogens is 235 g/mol. The van der Waals surface area contributed by atoms with Crippen LogP contribution in [0.25, 0.3) is 0 Å². The molecule has 76 valence electrons. The van der Waals surface area contributed by atoms with Crippen LogP contribution in [-0.4, -0.2) is 10.2 Å². The quantitative estimate of drug-likeness (QED) is 0.586. The molecule has 0 amide bonds. The maximum atomic E-state index is 12.3. The molecule has 0 saturated heterocycles. The molecule has 0 aliphatic rings. The molecule has 1 heterocycles. The second-order valence-electron chi connectivity index (χ2n) is 2.58.